The van der Waals surface area contributed by atoms with Gasteiger partial charge in [0.1, 0.15) is 6.17 Å². The first-order chi connectivity index (χ1) is 10.2. The van der Waals surface area contributed by atoms with Crippen LogP contribution < -0.4 is 5.32 Å². The quantitative estimate of drug-likeness (QED) is 0.790. The van der Waals surface area contributed by atoms with Crippen LogP contribution in [-0.2, 0) is 0 Å². The van der Waals surface area contributed by atoms with Gasteiger partial charge in [-0.15, -0.1) is 0 Å². The van der Waals surface area contributed by atoms with E-state index in [0.717, 1.165) is 12.3 Å². The molecule has 21 heavy (non-hydrogen) atoms. The Bertz CT molecular complexity index is 512. The molecule has 0 aromatic rings. The molecule has 114 valence electrons. The molecule has 0 radical (unpaired) electrons. The van der Waals surface area contributed by atoms with E-state index >= 15 is 0 Å². The van der Waals surface area contributed by atoms with E-state index in [2.05, 4.69) is 30.5 Å². The van der Waals surface area contributed by atoms with Crippen LogP contribution in [0.15, 0.2) is 34.9 Å². The molecule has 4 aliphatic rings. The molecular weight excluding hydrogens is 261 g/mol. The van der Waals surface area contributed by atoms with Gasteiger partial charge < -0.3 is 5.32 Å². The normalized spacial score (nSPS) is 40.0. The fourth-order valence-corrected chi connectivity index (χ4v) is 4.54. The fraction of sp³-hybridized carbons (Fsp3) is 0.684. The first kappa shape index (κ1) is 13.8. The molecule has 1 N–H and O–H groups in total. The molecule has 3 aliphatic carbocycles. The van der Waals surface area contributed by atoms with Gasteiger partial charge in [-0.1, -0.05) is 25.2 Å². The van der Waals surface area contributed by atoms with Crippen molar-refractivity contribution in [3.05, 3.63) is 34.9 Å². The van der Waals surface area contributed by atoms with Crippen molar-refractivity contribution in [3.8, 4) is 0 Å². The van der Waals surface area contributed by atoms with Crippen LogP contribution >= 0.6 is 0 Å². The Morgan fingerprint density at radius 2 is 2.05 bits per heavy atom. The van der Waals surface area contributed by atoms with E-state index in [4.69, 9.17) is 0 Å². The molecule has 1 fully saturated rings. The third-order valence-electron chi connectivity index (χ3n) is 5.82. The third kappa shape index (κ3) is 2.52. The molecule has 4 atom stereocenters. The van der Waals surface area contributed by atoms with Crippen molar-refractivity contribution >= 4 is 0 Å². The van der Waals surface area contributed by atoms with Crippen LogP contribution in [0, 0.1) is 11.8 Å². The van der Waals surface area contributed by atoms with Gasteiger partial charge >= 0.3 is 0 Å². The number of allylic oxidation sites excluding steroid dienone is 3. The average Bonchev–Trinajstić information content (AvgIpc) is 3.33. The number of hydrogen-bond donors (Lipinski definition) is 1. The largest absolute Gasteiger partial charge is 0.306 e. The minimum absolute atomic E-state index is 0.538. The topological polar surface area (TPSA) is 12.0 Å². The first-order valence-electron chi connectivity index (χ1n) is 8.74. The van der Waals surface area contributed by atoms with E-state index in [1.807, 2.05) is 0 Å². The fourth-order valence-electron chi connectivity index (χ4n) is 4.54. The molecule has 0 aromatic heterocycles. The van der Waals surface area contributed by atoms with Crippen LogP contribution in [-0.4, -0.2) is 18.3 Å². The molecular formula is C19H26FN. The number of nitrogens with one attached hydrogen (secondary N) is 1. The van der Waals surface area contributed by atoms with Crippen LogP contribution in [0.25, 0.3) is 0 Å². The van der Waals surface area contributed by atoms with E-state index in [9.17, 15) is 4.39 Å². The van der Waals surface area contributed by atoms with Gasteiger partial charge in [0.15, 0.2) is 0 Å². The summed E-state index contributed by atoms with van der Waals surface area (Å²) < 4.78 is 13.5. The minimum Gasteiger partial charge on any atom is -0.306 e. The first-order valence-corrected chi connectivity index (χ1v) is 8.74. The number of fused-ring (bicyclic) bond motifs is 1. The van der Waals surface area contributed by atoms with E-state index in [1.165, 1.54) is 36.8 Å². The van der Waals surface area contributed by atoms with Crippen LogP contribution in [0.3, 0.4) is 0 Å². The number of alkyl halides is 1. The van der Waals surface area contributed by atoms with Crippen LogP contribution in [0.5, 0.6) is 0 Å². The summed E-state index contributed by atoms with van der Waals surface area (Å²) in [5.74, 6) is 1.45. The molecule has 2 heteroatoms. The molecule has 0 aromatic carbocycles. The summed E-state index contributed by atoms with van der Waals surface area (Å²) in [6.45, 7) is 2.39. The molecule has 1 nitrogen and oxygen atoms in total. The van der Waals surface area contributed by atoms with Gasteiger partial charge in [0.2, 0.25) is 0 Å². The number of hydrogen-bond acceptors (Lipinski definition) is 1. The summed E-state index contributed by atoms with van der Waals surface area (Å²) in [7, 11) is 0. The molecule has 0 amide bonds. The van der Waals surface area contributed by atoms with E-state index < -0.39 is 6.17 Å². The Morgan fingerprint density at radius 1 is 1.19 bits per heavy atom. The second kappa shape index (κ2) is 5.39. The highest BCUT2D eigenvalue weighted by atomic mass is 19.1. The highest BCUT2D eigenvalue weighted by molar-refractivity contribution is 5.48. The van der Waals surface area contributed by atoms with Crippen molar-refractivity contribution in [2.45, 2.75) is 70.1 Å². The molecule has 1 aliphatic heterocycles. The lowest BCUT2D eigenvalue weighted by Crippen LogP contribution is -2.50. The predicted molar refractivity (Wildman–Crippen MR) is 84.8 cm³/mol. The van der Waals surface area contributed by atoms with Gasteiger partial charge in [0.05, 0.1) is 0 Å². The maximum absolute atomic E-state index is 13.5. The maximum Gasteiger partial charge on any atom is 0.104 e. The lowest BCUT2D eigenvalue weighted by molar-refractivity contribution is 0.296. The summed E-state index contributed by atoms with van der Waals surface area (Å²) in [5.41, 5.74) is 4.53. The van der Waals surface area contributed by atoms with Crippen LogP contribution in [0.2, 0.25) is 0 Å². The van der Waals surface area contributed by atoms with Crippen molar-refractivity contribution in [1.29, 1.82) is 0 Å². The van der Waals surface area contributed by atoms with Gasteiger partial charge in [-0.2, -0.15) is 0 Å². The highest BCUT2D eigenvalue weighted by Crippen LogP contribution is 2.45. The summed E-state index contributed by atoms with van der Waals surface area (Å²) in [6, 6.07) is 1.18. The van der Waals surface area contributed by atoms with Gasteiger partial charge in [0, 0.05) is 12.1 Å². The standard InChI is InChI=1S/C19H26FN/c1-12-18(13-8-10-15(20)11-9-13)16-4-2-3-5-17(16)21-19(12)14-6-7-14/h2,4,8,12,14-15,17,19,21H,3,5-7,9-11H2,1H3/t12-,15+,17?,19?/m1/s1. The highest BCUT2D eigenvalue weighted by Gasteiger charge is 2.42. The Labute approximate surface area is 127 Å². The predicted octanol–water partition coefficient (Wildman–Crippen LogP) is 4.47. The van der Waals surface area contributed by atoms with Crippen molar-refractivity contribution in [2.75, 3.05) is 0 Å². The Morgan fingerprint density at radius 3 is 2.76 bits per heavy atom. The SMILES string of the molecule is C[C@@H]1C(C2=CC[C@H](F)CC2)=C2C=CCCC2NC1C1CC1. The molecule has 0 bridgehead atoms. The number of halogens is 1. The summed E-state index contributed by atoms with van der Waals surface area (Å²) in [4.78, 5) is 0. The summed E-state index contributed by atoms with van der Waals surface area (Å²) in [6.07, 6.45) is 13.7. The molecule has 1 saturated carbocycles. The molecule has 0 spiro atoms. The van der Waals surface area contributed by atoms with E-state index in [-0.39, 0.29) is 0 Å². The van der Waals surface area contributed by atoms with Gasteiger partial charge in [-0.3, -0.25) is 0 Å². The zero-order chi connectivity index (χ0) is 14.4. The van der Waals surface area contributed by atoms with Gasteiger partial charge in [0.25, 0.3) is 0 Å². The minimum atomic E-state index is -0.617. The second-order valence-corrected chi connectivity index (χ2v) is 7.32. The van der Waals surface area contributed by atoms with Crippen molar-refractivity contribution < 1.29 is 4.39 Å². The van der Waals surface area contributed by atoms with Crippen molar-refractivity contribution in [3.63, 3.8) is 0 Å². The Kier molecular flexibility index (Phi) is 3.53. The zero-order valence-corrected chi connectivity index (χ0v) is 12.9. The Hall–Kier alpha value is -0.890. The zero-order valence-electron chi connectivity index (χ0n) is 12.9. The smallest absolute Gasteiger partial charge is 0.104 e. The second-order valence-electron chi connectivity index (χ2n) is 7.32. The summed E-state index contributed by atoms with van der Waals surface area (Å²) in [5, 5.41) is 3.93. The number of rotatable bonds is 2. The van der Waals surface area contributed by atoms with E-state index in [1.54, 1.807) is 5.57 Å². The Balaban J connectivity index is 1.73. The lowest BCUT2D eigenvalue weighted by Gasteiger charge is -2.42. The van der Waals surface area contributed by atoms with Crippen molar-refractivity contribution in [2.24, 2.45) is 11.8 Å². The average molecular weight is 287 g/mol. The van der Waals surface area contributed by atoms with Crippen LogP contribution in [0.1, 0.15) is 51.9 Å². The van der Waals surface area contributed by atoms with E-state index in [0.29, 0.717) is 30.8 Å². The van der Waals surface area contributed by atoms with Gasteiger partial charge in [-0.25, -0.2) is 4.39 Å². The van der Waals surface area contributed by atoms with Crippen LogP contribution in [0.4, 0.5) is 4.39 Å². The molecule has 0 saturated heterocycles. The third-order valence-corrected chi connectivity index (χ3v) is 5.82. The maximum atomic E-state index is 13.5. The monoisotopic (exact) mass is 287 g/mol. The van der Waals surface area contributed by atoms with Gasteiger partial charge in [-0.05, 0) is 73.5 Å². The molecule has 4 rings (SSSR count). The summed E-state index contributed by atoms with van der Waals surface area (Å²) >= 11 is 0. The molecule has 1 heterocycles. The lowest BCUT2D eigenvalue weighted by atomic mass is 9.73. The van der Waals surface area contributed by atoms with Crippen molar-refractivity contribution in [1.82, 2.24) is 5.32 Å². The molecule has 2 unspecified atom stereocenters.